The van der Waals surface area contributed by atoms with Gasteiger partial charge in [0.1, 0.15) is 0 Å². The maximum atomic E-state index is 9.21. The lowest BCUT2D eigenvalue weighted by atomic mass is 9.91. The van der Waals surface area contributed by atoms with Gasteiger partial charge in [-0.05, 0) is 49.2 Å². The van der Waals surface area contributed by atoms with Crippen LogP contribution < -0.4 is 0 Å². The molecule has 0 amide bonds. The van der Waals surface area contributed by atoms with Crippen LogP contribution in [0.2, 0.25) is 0 Å². The number of hydrogen-bond acceptors (Lipinski definition) is 3. The molecule has 0 aliphatic heterocycles. The van der Waals surface area contributed by atoms with Gasteiger partial charge in [-0.2, -0.15) is 0 Å². The Kier molecular flexibility index (Phi) is 4.87. The summed E-state index contributed by atoms with van der Waals surface area (Å²) in [5.41, 5.74) is 2.25. The normalized spacial score (nSPS) is 14.0. The number of nitrogens with zero attached hydrogens (tertiary/aromatic N) is 3. The molecule has 1 aromatic heterocycles. The topological polar surface area (TPSA) is 38.7 Å². The van der Waals surface area contributed by atoms with Gasteiger partial charge in [0.2, 0.25) is 0 Å². The van der Waals surface area contributed by atoms with Crippen molar-refractivity contribution in [3.63, 3.8) is 0 Å². The zero-order valence-corrected chi connectivity index (χ0v) is 25.4. The number of aromatic nitrogens is 3. The molecular weight excluding hydrogens is 583 g/mol. The van der Waals surface area contributed by atoms with E-state index in [0.717, 1.165) is 43.4 Å². The highest BCUT2D eigenvalue weighted by molar-refractivity contribution is 6.28. The van der Waals surface area contributed by atoms with Crippen molar-refractivity contribution in [2.24, 2.45) is 0 Å². The molecule has 0 atom stereocenters. The fourth-order valence-electron chi connectivity index (χ4n) is 6.25. The average molecular weight is 621 g/mol. The smallest absolute Gasteiger partial charge is 0.164 e. The molecule has 3 nitrogen and oxygen atoms in total. The predicted octanol–water partition coefficient (Wildman–Crippen LogP) is 11.7. The summed E-state index contributed by atoms with van der Waals surface area (Å²) in [7, 11) is 0. The van der Waals surface area contributed by atoms with Crippen molar-refractivity contribution in [1.29, 1.82) is 0 Å². The van der Waals surface area contributed by atoms with E-state index in [0.29, 0.717) is 11.1 Å². The van der Waals surface area contributed by atoms with E-state index in [1.807, 2.05) is 91.0 Å². The summed E-state index contributed by atoms with van der Waals surface area (Å²) in [6, 6.07) is 34.3. The average Bonchev–Trinajstić information content (AvgIpc) is 3.25. The van der Waals surface area contributed by atoms with Crippen LogP contribution in [-0.2, 0) is 0 Å². The third-order valence-corrected chi connectivity index (χ3v) is 8.49. The van der Waals surface area contributed by atoms with Crippen LogP contribution in [0.1, 0.15) is 12.3 Å². The monoisotopic (exact) mass is 620 g/mol. The minimum atomic E-state index is -0.646. The van der Waals surface area contributed by atoms with Crippen molar-refractivity contribution >= 4 is 32.3 Å². The lowest BCUT2D eigenvalue weighted by Gasteiger charge is -2.15. The Morgan fingerprint density at radius 1 is 0.312 bits per heavy atom. The minimum Gasteiger partial charge on any atom is -0.208 e. The van der Waals surface area contributed by atoms with Crippen LogP contribution in [0.5, 0.6) is 0 Å². The maximum Gasteiger partial charge on any atom is 0.164 e. The Hall–Kier alpha value is -6.45. The van der Waals surface area contributed by atoms with Gasteiger partial charge in [-0.1, -0.05) is 176 Å². The van der Waals surface area contributed by atoms with Crippen LogP contribution in [0.3, 0.4) is 0 Å². The summed E-state index contributed by atoms with van der Waals surface area (Å²) in [5, 5.41) is 6.03. The lowest BCUT2D eigenvalue weighted by Crippen LogP contribution is -2.01. The molecule has 8 aromatic carbocycles. The van der Waals surface area contributed by atoms with E-state index in [9.17, 15) is 2.74 Å². The summed E-state index contributed by atoms with van der Waals surface area (Å²) in [6.07, 6.45) is 0. The van der Waals surface area contributed by atoms with E-state index in [-0.39, 0.29) is 23.0 Å². The third kappa shape index (κ3) is 4.90. The van der Waals surface area contributed by atoms with Gasteiger partial charge in [0, 0.05) is 22.1 Å². The lowest BCUT2D eigenvalue weighted by molar-refractivity contribution is 1.08. The molecule has 9 rings (SSSR count). The molecule has 48 heavy (non-hydrogen) atoms. The summed E-state index contributed by atoms with van der Waals surface area (Å²) >= 11 is 0. The van der Waals surface area contributed by atoms with E-state index in [2.05, 4.69) is 30.3 Å². The van der Waals surface area contributed by atoms with Gasteiger partial charge < -0.3 is 0 Å². The van der Waals surface area contributed by atoms with Crippen molar-refractivity contribution in [3.8, 4) is 56.4 Å². The zero-order chi connectivity index (χ0) is 39.7. The number of fused-ring (bicyclic) bond motifs is 6. The van der Waals surface area contributed by atoms with Crippen molar-refractivity contribution < 1.29 is 12.3 Å². The molecular formula is C45H29N3. The van der Waals surface area contributed by atoms with Crippen molar-refractivity contribution in [2.45, 2.75) is 0 Å². The molecule has 9 aromatic rings. The molecule has 0 aliphatic carbocycles. The molecule has 0 fully saturated rings. The predicted molar refractivity (Wildman–Crippen MR) is 200 cm³/mol. The first kappa shape index (κ1) is 19.9. The second kappa shape index (κ2) is 11.7. The third-order valence-electron chi connectivity index (χ3n) is 8.49. The van der Waals surface area contributed by atoms with E-state index in [1.165, 1.54) is 0 Å². The maximum absolute atomic E-state index is 9.21. The highest BCUT2D eigenvalue weighted by atomic mass is 15.0. The van der Waals surface area contributed by atoms with Crippen LogP contribution in [0.15, 0.2) is 176 Å². The van der Waals surface area contributed by atoms with Gasteiger partial charge in [-0.25, -0.2) is 15.0 Å². The molecule has 3 heteroatoms. The fraction of sp³-hybridized carbons (Fsp3) is 0. The number of benzene rings is 8. The summed E-state index contributed by atoms with van der Waals surface area (Å²) < 4.78 is 78.0. The molecule has 224 valence electrons. The Bertz CT molecular complexity index is 3010. The van der Waals surface area contributed by atoms with Gasteiger partial charge in [-0.15, -0.1) is 0 Å². The fourth-order valence-corrected chi connectivity index (χ4v) is 6.25. The largest absolute Gasteiger partial charge is 0.208 e. The first-order chi connectivity index (χ1) is 27.5. The van der Waals surface area contributed by atoms with E-state index in [4.69, 9.17) is 24.5 Å². The number of rotatable bonds is 5. The first-order valence-corrected chi connectivity index (χ1v) is 15.5. The van der Waals surface area contributed by atoms with Gasteiger partial charge in [0.25, 0.3) is 0 Å². The SMILES string of the molecule is [2H]c1c([2H])c([2H])c(-c2c([2H])c([2H])c(-c3nc(-c4ccc(-c5ccccc5)cc4)nc(-c4cccc5c6ccccc6c6ccccc6c45)n3)c([2H])c2[2H])c([2H])c1[2H]. The van der Waals surface area contributed by atoms with Crippen LogP contribution in [0.25, 0.3) is 88.7 Å². The quantitative estimate of drug-likeness (QED) is 0.180. The minimum absolute atomic E-state index is 0.117. The Labute approximate surface area is 291 Å². The molecule has 0 bridgehead atoms. The number of hydrogen-bond donors (Lipinski definition) is 0. The van der Waals surface area contributed by atoms with Crippen LogP contribution >= 0.6 is 0 Å². The van der Waals surface area contributed by atoms with Crippen LogP contribution in [0, 0.1) is 0 Å². The van der Waals surface area contributed by atoms with Crippen LogP contribution in [-0.4, -0.2) is 15.0 Å². The van der Waals surface area contributed by atoms with Gasteiger partial charge in [0.15, 0.2) is 17.5 Å². The Morgan fingerprint density at radius 2 is 0.771 bits per heavy atom. The van der Waals surface area contributed by atoms with Crippen molar-refractivity contribution in [1.82, 2.24) is 15.0 Å². The molecule has 1 heterocycles. The van der Waals surface area contributed by atoms with Gasteiger partial charge in [0.05, 0.1) is 12.3 Å². The van der Waals surface area contributed by atoms with E-state index < -0.39 is 65.5 Å². The van der Waals surface area contributed by atoms with E-state index >= 15 is 0 Å². The highest BCUT2D eigenvalue weighted by Gasteiger charge is 2.17. The molecule has 0 radical (unpaired) electrons. The van der Waals surface area contributed by atoms with Crippen molar-refractivity contribution in [3.05, 3.63) is 176 Å². The van der Waals surface area contributed by atoms with Gasteiger partial charge in [-0.3, -0.25) is 0 Å². The summed E-state index contributed by atoms with van der Waals surface area (Å²) in [6.45, 7) is 0. The van der Waals surface area contributed by atoms with Crippen molar-refractivity contribution in [2.75, 3.05) is 0 Å². The van der Waals surface area contributed by atoms with Gasteiger partial charge >= 0.3 is 0 Å². The Balaban J connectivity index is 1.33. The Morgan fingerprint density at radius 3 is 1.44 bits per heavy atom. The zero-order valence-electron chi connectivity index (χ0n) is 34.4. The molecule has 0 N–H and O–H groups in total. The second-order valence-corrected chi connectivity index (χ2v) is 11.3. The van der Waals surface area contributed by atoms with Crippen LogP contribution in [0.4, 0.5) is 0 Å². The summed E-state index contributed by atoms with van der Waals surface area (Å²) in [5.74, 6) is 0.372. The van der Waals surface area contributed by atoms with E-state index in [1.54, 1.807) is 0 Å². The summed E-state index contributed by atoms with van der Waals surface area (Å²) in [4.78, 5) is 14.7. The standard InChI is InChI=1S/C45H29N3/c1-3-12-30(13-4-1)32-22-26-34(27-23-32)43-46-44(35-28-24-33(25-29-35)31-14-5-2-6-15-31)48-45(47-43)41-21-11-20-40-38-17-8-7-16-36(38)37-18-9-10-19-39(37)42(40)41/h1-29H/i1D,3D,4D,12D,13D,22D,23D,26D,27D. The molecule has 0 aliphatic rings. The second-order valence-electron chi connectivity index (χ2n) is 11.3. The molecule has 0 saturated heterocycles. The molecule has 0 saturated carbocycles. The molecule has 0 unspecified atom stereocenters. The molecule has 0 spiro atoms. The first-order valence-electron chi connectivity index (χ1n) is 20.0. The highest BCUT2D eigenvalue weighted by Crippen LogP contribution is 2.40.